The van der Waals surface area contributed by atoms with Crippen molar-refractivity contribution in [2.45, 2.75) is 0 Å². The van der Waals surface area contributed by atoms with Crippen molar-refractivity contribution in [2.75, 3.05) is 0 Å². The molecule has 0 aromatic heterocycles. The normalized spacial score (nSPS) is 26.0. The van der Waals surface area contributed by atoms with E-state index >= 15 is 0 Å². The molecule has 0 atom stereocenters. The Hall–Kier alpha value is 0.0388. The van der Waals surface area contributed by atoms with Crippen molar-refractivity contribution in [2.24, 2.45) is 0 Å². The first-order valence-electron chi connectivity index (χ1n) is 1.24. The van der Waals surface area contributed by atoms with Gasteiger partial charge in [0.1, 0.15) is 0 Å². The molecule has 0 saturated carbocycles. The Labute approximate surface area is 36.9 Å². The van der Waals surface area contributed by atoms with Crippen molar-refractivity contribution in [3.05, 3.63) is 0 Å². The molecule has 6 heteroatoms. The summed E-state index contributed by atoms with van der Waals surface area (Å²) in [5, 5.41) is 0. The van der Waals surface area contributed by atoms with Crippen molar-refractivity contribution in [3.8, 4) is 0 Å². The standard InChI is InChI=1S/Be.H2O4S/c;1-5(2,3)4/h;(H2,1,2,3,4)/q+2;/p-2. The van der Waals surface area contributed by atoms with Crippen LogP contribution >= 0.6 is 0 Å². The summed E-state index contributed by atoms with van der Waals surface area (Å²) < 4.78 is 27.0. The molecule has 0 aliphatic carbocycles. The zero-order valence-corrected chi connectivity index (χ0v) is 3.56. The fourth-order valence-corrected chi connectivity index (χ4v) is 0.380. The van der Waals surface area contributed by atoms with Gasteiger partial charge < -0.3 is 0 Å². The fourth-order valence-electron chi connectivity index (χ4n) is 0.127. The van der Waals surface area contributed by atoms with Gasteiger partial charge in [0.25, 0.3) is 0 Å². The molecule has 6 heavy (non-hydrogen) atoms. The zero-order valence-electron chi connectivity index (χ0n) is 2.75. The van der Waals surface area contributed by atoms with Gasteiger partial charge in [-0.15, -0.1) is 0 Å². The van der Waals surface area contributed by atoms with E-state index in [2.05, 4.69) is 7.90 Å². The summed E-state index contributed by atoms with van der Waals surface area (Å²) in [7, 11) is -3.60. The SMILES string of the molecule is O=S1(=O)[O][Be][O]1. The quantitative estimate of drug-likeness (QED) is 0.363. The third kappa shape index (κ3) is 0.577. The molecule has 32 valence electrons. The van der Waals surface area contributed by atoms with E-state index in [1.165, 1.54) is 0 Å². The molecule has 1 aliphatic rings. The van der Waals surface area contributed by atoms with Crippen molar-refractivity contribution in [3.63, 3.8) is 0 Å². The molecule has 0 spiro atoms. The van der Waals surface area contributed by atoms with Crippen molar-refractivity contribution < 1.29 is 16.3 Å². The van der Waals surface area contributed by atoms with Crippen LogP contribution in [0, 0.1) is 0 Å². The van der Waals surface area contributed by atoms with Gasteiger partial charge in [-0.3, -0.25) is 0 Å². The summed E-state index contributed by atoms with van der Waals surface area (Å²) in [6, 6.07) is 0. The summed E-state index contributed by atoms with van der Waals surface area (Å²) in [6.07, 6.45) is 0. The van der Waals surface area contributed by atoms with Crippen molar-refractivity contribution in [1.29, 1.82) is 0 Å². The molecular formula is BeO4S. The first kappa shape index (κ1) is 4.20. The summed E-state index contributed by atoms with van der Waals surface area (Å²) in [5.41, 5.74) is 0. The van der Waals surface area contributed by atoms with E-state index < -0.39 is 10.4 Å². The molecule has 1 fully saturated rings. The molecule has 4 nitrogen and oxygen atoms in total. The third-order valence-corrected chi connectivity index (χ3v) is 1.15. The van der Waals surface area contributed by atoms with E-state index in [0.717, 1.165) is 0 Å². The van der Waals surface area contributed by atoms with Gasteiger partial charge in [-0.1, -0.05) is 0 Å². The van der Waals surface area contributed by atoms with Crippen molar-refractivity contribution in [1.82, 2.24) is 0 Å². The van der Waals surface area contributed by atoms with Crippen LogP contribution in [0.1, 0.15) is 0 Å². The van der Waals surface area contributed by atoms with Crippen LogP contribution in [-0.2, 0) is 18.3 Å². The molecule has 0 N–H and O–H groups in total. The van der Waals surface area contributed by atoms with Crippen LogP contribution in [0.3, 0.4) is 0 Å². The Bertz CT molecular complexity index is 122. The zero-order chi connectivity index (χ0) is 4.62. The van der Waals surface area contributed by atoms with Crippen LogP contribution in [0.4, 0.5) is 0 Å². The summed E-state index contributed by atoms with van der Waals surface area (Å²) in [4.78, 5) is 0. The van der Waals surface area contributed by atoms with Gasteiger partial charge in [0.15, 0.2) is 0 Å². The Morgan fingerprint density at radius 1 is 1.33 bits per heavy atom. The van der Waals surface area contributed by atoms with Crippen LogP contribution in [0.25, 0.3) is 0 Å². The van der Waals surface area contributed by atoms with E-state index in [4.69, 9.17) is 0 Å². The van der Waals surface area contributed by atoms with E-state index in [-0.39, 0.29) is 9.24 Å². The molecule has 0 aromatic carbocycles. The maximum absolute atomic E-state index is 9.64. The van der Waals surface area contributed by atoms with Crippen molar-refractivity contribution >= 4 is 19.6 Å². The predicted octanol–water partition coefficient (Wildman–Crippen LogP) is -1.19. The van der Waals surface area contributed by atoms with Crippen LogP contribution in [-0.4, -0.2) is 17.7 Å². The van der Waals surface area contributed by atoms with Crippen LogP contribution in [0.2, 0.25) is 0 Å². The second kappa shape index (κ2) is 1.01. The Kier molecular flexibility index (Phi) is 0.705. The van der Waals surface area contributed by atoms with Gasteiger partial charge in [-0.25, -0.2) is 0 Å². The topological polar surface area (TPSA) is 52.6 Å². The summed E-state index contributed by atoms with van der Waals surface area (Å²) in [6.45, 7) is 0. The van der Waals surface area contributed by atoms with E-state index in [9.17, 15) is 8.42 Å². The third-order valence-electron chi connectivity index (χ3n) is 0.385. The number of hydrogen-bond acceptors (Lipinski definition) is 4. The van der Waals surface area contributed by atoms with Gasteiger partial charge in [0.2, 0.25) is 0 Å². The van der Waals surface area contributed by atoms with Crippen LogP contribution in [0.15, 0.2) is 0 Å². The summed E-state index contributed by atoms with van der Waals surface area (Å²) in [5.74, 6) is 0. The average molecular weight is 105 g/mol. The second-order valence-electron chi connectivity index (χ2n) is 0.762. The Morgan fingerprint density at radius 2 is 1.67 bits per heavy atom. The average Bonchev–Trinajstić information content (AvgIpc) is 1.32. The molecule has 0 aromatic rings. The number of hydrogen-bond donors (Lipinski definition) is 0. The molecule has 0 amide bonds. The molecule has 0 bridgehead atoms. The van der Waals surface area contributed by atoms with Gasteiger partial charge in [-0.05, 0) is 0 Å². The molecule has 1 aliphatic heterocycles. The Morgan fingerprint density at radius 3 is 1.67 bits per heavy atom. The molecule has 0 radical (unpaired) electrons. The van der Waals surface area contributed by atoms with E-state index in [0.29, 0.717) is 0 Å². The summed E-state index contributed by atoms with van der Waals surface area (Å²) >= 11 is 0. The first-order valence-corrected chi connectivity index (χ1v) is 2.58. The molecule has 1 saturated heterocycles. The molecular weight excluding hydrogens is 105 g/mol. The minimum atomic E-state index is -3.48. The monoisotopic (exact) mass is 105 g/mol. The second-order valence-corrected chi connectivity index (χ2v) is 2.05. The first-order chi connectivity index (χ1) is 2.71. The van der Waals surface area contributed by atoms with Crippen LogP contribution < -0.4 is 0 Å². The molecule has 1 rings (SSSR count). The Balaban J connectivity index is 2.78. The maximum atomic E-state index is 9.64. The fraction of sp³-hybridized carbons (Fsp3) is 0. The van der Waals surface area contributed by atoms with Gasteiger partial charge in [-0.2, -0.15) is 0 Å². The minimum absolute atomic E-state index is 0.123. The van der Waals surface area contributed by atoms with Crippen LogP contribution in [0.5, 0.6) is 0 Å². The van der Waals surface area contributed by atoms with E-state index in [1.807, 2.05) is 0 Å². The van der Waals surface area contributed by atoms with Gasteiger partial charge in [0, 0.05) is 0 Å². The molecule has 0 unspecified atom stereocenters. The van der Waals surface area contributed by atoms with Gasteiger partial charge >= 0.3 is 36.0 Å². The van der Waals surface area contributed by atoms with Gasteiger partial charge in [0.05, 0.1) is 0 Å². The number of rotatable bonds is 0. The molecule has 1 heterocycles. The van der Waals surface area contributed by atoms with E-state index in [1.54, 1.807) is 0 Å². The predicted molar refractivity (Wildman–Crippen MR) is 16.8 cm³/mol.